The third kappa shape index (κ3) is 3.01. The molecule has 0 bridgehead atoms. The molecule has 0 unspecified atom stereocenters. The smallest absolute Gasteiger partial charge is 0.264 e. The zero-order valence-corrected chi connectivity index (χ0v) is 15.6. The molecule has 1 aromatic heterocycles. The van der Waals surface area contributed by atoms with Crippen molar-refractivity contribution in [3.8, 4) is 11.5 Å². The first-order valence-electron chi connectivity index (χ1n) is 8.84. The summed E-state index contributed by atoms with van der Waals surface area (Å²) in [6, 6.07) is 6.18. The number of carbonyl (C=O) groups is 1. The van der Waals surface area contributed by atoms with E-state index in [0.29, 0.717) is 6.54 Å². The van der Waals surface area contributed by atoms with Crippen molar-refractivity contribution in [3.63, 3.8) is 0 Å². The van der Waals surface area contributed by atoms with Gasteiger partial charge in [-0.2, -0.15) is 0 Å². The lowest BCUT2D eigenvalue weighted by molar-refractivity contribution is 0.0739. The highest BCUT2D eigenvalue weighted by molar-refractivity contribution is 7.14. The summed E-state index contributed by atoms with van der Waals surface area (Å²) >= 11 is 1.70. The molecule has 4 rings (SSSR count). The number of fused-ring (bicyclic) bond motifs is 2. The van der Waals surface area contributed by atoms with Gasteiger partial charge in [0.25, 0.3) is 5.91 Å². The third-order valence-electron chi connectivity index (χ3n) is 5.21. The van der Waals surface area contributed by atoms with Gasteiger partial charge in [-0.25, -0.2) is 0 Å². The third-order valence-corrected chi connectivity index (χ3v) is 6.44. The van der Waals surface area contributed by atoms with E-state index in [2.05, 4.69) is 6.07 Å². The first kappa shape index (κ1) is 16.5. The van der Waals surface area contributed by atoms with Gasteiger partial charge in [-0.05, 0) is 67.0 Å². The summed E-state index contributed by atoms with van der Waals surface area (Å²) in [5.41, 5.74) is 3.79. The molecule has 4 nitrogen and oxygen atoms in total. The predicted molar refractivity (Wildman–Crippen MR) is 99.0 cm³/mol. The van der Waals surface area contributed by atoms with Gasteiger partial charge in [0.1, 0.15) is 0 Å². The van der Waals surface area contributed by atoms with Crippen LogP contribution in [0.1, 0.15) is 44.1 Å². The van der Waals surface area contributed by atoms with Crippen molar-refractivity contribution in [2.75, 3.05) is 20.8 Å². The topological polar surface area (TPSA) is 38.8 Å². The molecule has 1 aromatic carbocycles. The Labute approximate surface area is 152 Å². The average molecular weight is 357 g/mol. The summed E-state index contributed by atoms with van der Waals surface area (Å²) in [7, 11) is 3.30. The molecule has 0 radical (unpaired) electrons. The highest BCUT2D eigenvalue weighted by Gasteiger charge is 2.26. The normalized spacial score (nSPS) is 16.2. The molecular formula is C20H23NO3S. The molecule has 0 saturated carbocycles. The van der Waals surface area contributed by atoms with E-state index in [9.17, 15) is 4.79 Å². The van der Waals surface area contributed by atoms with Crippen molar-refractivity contribution in [1.29, 1.82) is 0 Å². The van der Waals surface area contributed by atoms with Crippen LogP contribution in [0.25, 0.3) is 0 Å². The standard InChI is InChI=1S/C20H23NO3S/c1-23-16-9-13-7-8-21(12-15(13)10-17(16)24-2)20(22)19-11-14-5-3-4-6-18(14)25-19/h9-11H,3-8,12H2,1-2H3. The van der Waals surface area contributed by atoms with E-state index in [1.807, 2.05) is 17.0 Å². The van der Waals surface area contributed by atoms with Crippen molar-refractivity contribution < 1.29 is 14.3 Å². The van der Waals surface area contributed by atoms with E-state index in [1.165, 1.54) is 28.8 Å². The first-order chi connectivity index (χ1) is 12.2. The largest absolute Gasteiger partial charge is 0.493 e. The van der Waals surface area contributed by atoms with Crippen molar-refractivity contribution >= 4 is 17.2 Å². The molecule has 5 heteroatoms. The Balaban J connectivity index is 1.57. The maximum Gasteiger partial charge on any atom is 0.264 e. The zero-order chi connectivity index (χ0) is 17.4. The van der Waals surface area contributed by atoms with Gasteiger partial charge in [0.2, 0.25) is 0 Å². The Morgan fingerprint density at radius 1 is 0.960 bits per heavy atom. The predicted octanol–water partition coefficient (Wildman–Crippen LogP) is 3.84. The van der Waals surface area contributed by atoms with Gasteiger partial charge >= 0.3 is 0 Å². The number of ether oxygens (including phenoxy) is 2. The van der Waals surface area contributed by atoms with Gasteiger partial charge in [0.05, 0.1) is 19.1 Å². The van der Waals surface area contributed by atoms with Crippen molar-refractivity contribution in [1.82, 2.24) is 4.90 Å². The van der Waals surface area contributed by atoms with Crippen LogP contribution in [0, 0.1) is 0 Å². The summed E-state index contributed by atoms with van der Waals surface area (Å²) < 4.78 is 10.8. The molecule has 0 spiro atoms. The maximum atomic E-state index is 13.0. The number of thiophene rings is 1. The molecule has 0 atom stereocenters. The number of carbonyl (C=O) groups excluding carboxylic acids is 1. The second-order valence-electron chi connectivity index (χ2n) is 6.72. The Kier molecular flexibility index (Phi) is 4.42. The van der Waals surface area contributed by atoms with E-state index in [0.717, 1.165) is 47.7 Å². The Morgan fingerprint density at radius 2 is 1.68 bits per heavy atom. The Morgan fingerprint density at radius 3 is 2.40 bits per heavy atom. The van der Waals surface area contributed by atoms with Gasteiger partial charge in [0.15, 0.2) is 11.5 Å². The second-order valence-corrected chi connectivity index (χ2v) is 7.86. The molecule has 1 amide bonds. The minimum Gasteiger partial charge on any atom is -0.493 e. The summed E-state index contributed by atoms with van der Waals surface area (Å²) in [5, 5.41) is 0. The number of hydrogen-bond acceptors (Lipinski definition) is 4. The minimum atomic E-state index is 0.167. The summed E-state index contributed by atoms with van der Waals surface area (Å²) in [5.74, 6) is 1.65. The minimum absolute atomic E-state index is 0.167. The number of amides is 1. The van der Waals surface area contributed by atoms with Crippen LogP contribution in [0.3, 0.4) is 0 Å². The maximum absolute atomic E-state index is 13.0. The summed E-state index contributed by atoms with van der Waals surface area (Å²) in [6.45, 7) is 1.39. The fourth-order valence-electron chi connectivity index (χ4n) is 3.81. The summed E-state index contributed by atoms with van der Waals surface area (Å²) in [6.07, 6.45) is 5.61. The molecule has 2 aromatic rings. The van der Waals surface area contributed by atoms with E-state index in [4.69, 9.17) is 9.47 Å². The van der Waals surface area contributed by atoms with E-state index >= 15 is 0 Å². The number of hydrogen-bond donors (Lipinski definition) is 0. The van der Waals surface area contributed by atoms with Crippen LogP contribution in [-0.2, 0) is 25.8 Å². The first-order valence-corrected chi connectivity index (χ1v) is 9.66. The van der Waals surface area contributed by atoms with Crippen LogP contribution >= 0.6 is 11.3 Å². The van der Waals surface area contributed by atoms with Gasteiger partial charge in [-0.1, -0.05) is 0 Å². The molecule has 2 aliphatic rings. The SMILES string of the molecule is COc1cc2c(cc1OC)CN(C(=O)c1cc3c(s1)CCCC3)CC2. The van der Waals surface area contributed by atoms with Gasteiger partial charge in [0, 0.05) is 18.0 Å². The van der Waals surface area contributed by atoms with E-state index < -0.39 is 0 Å². The van der Waals surface area contributed by atoms with Crippen molar-refractivity contribution in [2.24, 2.45) is 0 Å². The molecular weight excluding hydrogens is 334 g/mol. The molecule has 0 saturated heterocycles. The Bertz CT molecular complexity index is 788. The number of benzene rings is 1. The number of nitrogens with zero attached hydrogens (tertiary/aromatic N) is 1. The van der Waals surface area contributed by atoms with Crippen LogP contribution in [-0.4, -0.2) is 31.6 Å². The van der Waals surface area contributed by atoms with Gasteiger partial charge in [-0.15, -0.1) is 11.3 Å². The molecule has 0 N–H and O–H groups in total. The number of rotatable bonds is 3. The number of aryl methyl sites for hydroxylation is 2. The van der Waals surface area contributed by atoms with Crippen LogP contribution in [0.15, 0.2) is 18.2 Å². The monoisotopic (exact) mass is 357 g/mol. The quantitative estimate of drug-likeness (QED) is 0.838. The molecule has 132 valence electrons. The zero-order valence-electron chi connectivity index (χ0n) is 14.8. The molecule has 1 aliphatic carbocycles. The van der Waals surface area contributed by atoms with Crippen LogP contribution in [0.4, 0.5) is 0 Å². The lowest BCUT2D eigenvalue weighted by Crippen LogP contribution is -2.35. The highest BCUT2D eigenvalue weighted by atomic mass is 32.1. The lowest BCUT2D eigenvalue weighted by Gasteiger charge is -2.29. The fourth-order valence-corrected chi connectivity index (χ4v) is 5.03. The average Bonchev–Trinajstić information content (AvgIpc) is 3.10. The van der Waals surface area contributed by atoms with Crippen LogP contribution < -0.4 is 9.47 Å². The van der Waals surface area contributed by atoms with Gasteiger partial charge in [-0.3, -0.25) is 4.79 Å². The fraction of sp³-hybridized carbons (Fsp3) is 0.450. The van der Waals surface area contributed by atoms with Crippen molar-refractivity contribution in [2.45, 2.75) is 38.6 Å². The molecule has 25 heavy (non-hydrogen) atoms. The van der Waals surface area contributed by atoms with Crippen molar-refractivity contribution in [3.05, 3.63) is 44.6 Å². The lowest BCUT2D eigenvalue weighted by atomic mass is 9.98. The second kappa shape index (κ2) is 6.71. The highest BCUT2D eigenvalue weighted by Crippen LogP contribution is 2.35. The Hall–Kier alpha value is -2.01. The van der Waals surface area contributed by atoms with E-state index in [-0.39, 0.29) is 5.91 Å². The number of methoxy groups -OCH3 is 2. The van der Waals surface area contributed by atoms with Gasteiger partial charge < -0.3 is 14.4 Å². The van der Waals surface area contributed by atoms with Crippen LogP contribution in [0.2, 0.25) is 0 Å². The summed E-state index contributed by atoms with van der Waals surface area (Å²) in [4.78, 5) is 17.3. The molecule has 2 heterocycles. The van der Waals surface area contributed by atoms with E-state index in [1.54, 1.807) is 25.6 Å². The molecule has 1 aliphatic heterocycles. The van der Waals surface area contributed by atoms with Crippen LogP contribution in [0.5, 0.6) is 11.5 Å². The molecule has 0 fully saturated rings.